The molecule has 0 saturated carbocycles. The van der Waals surface area contributed by atoms with Gasteiger partial charge >= 0.3 is 5.97 Å². The van der Waals surface area contributed by atoms with Crippen molar-refractivity contribution in [2.24, 2.45) is 0 Å². The second-order valence-electron chi connectivity index (χ2n) is 3.54. The fraction of sp³-hybridized carbons (Fsp3) is 0.250. The molecule has 0 aromatic carbocycles. The van der Waals surface area contributed by atoms with Crippen LogP contribution in [0.3, 0.4) is 0 Å². The van der Waals surface area contributed by atoms with Crippen LogP contribution in [-0.4, -0.2) is 28.5 Å². The molecule has 1 heterocycles. The molecular formula is C12H13FN2O3. The molecule has 0 unspecified atom stereocenters. The number of aromatic carboxylic acids is 1. The minimum absolute atomic E-state index is 0.0299. The van der Waals surface area contributed by atoms with E-state index in [0.29, 0.717) is 13.0 Å². The number of aromatic nitrogens is 1. The largest absolute Gasteiger partial charge is 0.478 e. The lowest BCUT2D eigenvalue weighted by Gasteiger charge is -2.00. The average Bonchev–Trinajstić information content (AvgIpc) is 2.30. The number of pyridine rings is 1. The first-order valence-electron chi connectivity index (χ1n) is 5.31. The van der Waals surface area contributed by atoms with E-state index in [0.717, 1.165) is 6.07 Å². The minimum atomic E-state index is -1.33. The third-order valence-corrected chi connectivity index (χ3v) is 2.11. The van der Waals surface area contributed by atoms with Gasteiger partial charge in [-0.2, -0.15) is 0 Å². The lowest BCUT2D eigenvalue weighted by atomic mass is 10.2. The zero-order chi connectivity index (χ0) is 13.5. The van der Waals surface area contributed by atoms with Gasteiger partial charge in [0, 0.05) is 19.7 Å². The zero-order valence-electron chi connectivity index (χ0n) is 9.81. The lowest BCUT2D eigenvalue weighted by Crippen LogP contribution is -2.20. The Morgan fingerprint density at radius 3 is 2.89 bits per heavy atom. The molecule has 0 bridgehead atoms. The van der Waals surface area contributed by atoms with E-state index in [4.69, 9.17) is 5.11 Å². The smallest absolute Gasteiger partial charge is 0.338 e. The molecule has 0 spiro atoms. The molecule has 0 aliphatic rings. The summed E-state index contributed by atoms with van der Waals surface area (Å²) in [5.74, 6) is -2.33. The normalized spacial score (nSPS) is 10.6. The predicted octanol–water partition coefficient (Wildman–Crippen LogP) is 1.46. The molecule has 1 rings (SSSR count). The topological polar surface area (TPSA) is 79.3 Å². The van der Waals surface area contributed by atoms with Gasteiger partial charge < -0.3 is 10.4 Å². The number of nitrogens with one attached hydrogen (secondary N) is 1. The van der Waals surface area contributed by atoms with Gasteiger partial charge in [-0.3, -0.25) is 9.78 Å². The highest BCUT2D eigenvalue weighted by Gasteiger charge is 2.12. The number of carboxylic acids is 1. The number of amides is 1. The Morgan fingerprint density at radius 2 is 2.28 bits per heavy atom. The maximum absolute atomic E-state index is 13.6. The van der Waals surface area contributed by atoms with Crippen molar-refractivity contribution in [1.82, 2.24) is 10.3 Å². The Bertz CT molecular complexity index is 486. The van der Waals surface area contributed by atoms with Crippen LogP contribution < -0.4 is 5.32 Å². The molecule has 1 amide bonds. The van der Waals surface area contributed by atoms with Crippen LogP contribution in [0.25, 0.3) is 6.08 Å². The van der Waals surface area contributed by atoms with Gasteiger partial charge in [0.05, 0.1) is 11.3 Å². The Morgan fingerprint density at radius 1 is 1.56 bits per heavy atom. The number of carbonyl (C=O) groups excluding carboxylic acids is 1. The molecule has 0 radical (unpaired) electrons. The number of carbonyl (C=O) groups is 2. The molecule has 0 aliphatic heterocycles. The summed E-state index contributed by atoms with van der Waals surface area (Å²) in [7, 11) is 0. The fourth-order valence-electron chi connectivity index (χ4n) is 1.27. The Kier molecular flexibility index (Phi) is 4.98. The monoisotopic (exact) mass is 252 g/mol. The highest BCUT2D eigenvalue weighted by Crippen LogP contribution is 2.11. The third-order valence-electron chi connectivity index (χ3n) is 2.11. The second kappa shape index (κ2) is 6.48. The van der Waals surface area contributed by atoms with Gasteiger partial charge in [-0.1, -0.05) is 6.08 Å². The molecule has 1 aromatic rings. The van der Waals surface area contributed by atoms with Gasteiger partial charge in [0.15, 0.2) is 5.82 Å². The van der Waals surface area contributed by atoms with Crippen LogP contribution in [0.2, 0.25) is 0 Å². The van der Waals surface area contributed by atoms with E-state index in [1.165, 1.54) is 19.2 Å². The molecule has 0 saturated heterocycles. The van der Waals surface area contributed by atoms with Crippen LogP contribution in [0.15, 0.2) is 18.3 Å². The zero-order valence-corrected chi connectivity index (χ0v) is 9.81. The van der Waals surface area contributed by atoms with Gasteiger partial charge in [-0.15, -0.1) is 0 Å². The third kappa shape index (κ3) is 3.97. The van der Waals surface area contributed by atoms with Crippen molar-refractivity contribution in [3.05, 3.63) is 35.4 Å². The number of rotatable bonds is 5. The van der Waals surface area contributed by atoms with Crippen LogP contribution in [0.5, 0.6) is 0 Å². The molecule has 6 heteroatoms. The Hall–Kier alpha value is -2.24. The standard InChI is InChI=1S/C12H13FN2O3/c1-8(16)14-6-3-2-4-10-11(13)9(12(17)18)5-7-15-10/h2,4-5,7H,3,6H2,1H3,(H,14,16)(H,17,18). The van der Waals surface area contributed by atoms with Gasteiger partial charge in [0.25, 0.3) is 0 Å². The highest BCUT2D eigenvalue weighted by atomic mass is 19.1. The van der Waals surface area contributed by atoms with Crippen molar-refractivity contribution < 1.29 is 19.1 Å². The van der Waals surface area contributed by atoms with Crippen LogP contribution in [0, 0.1) is 5.82 Å². The first kappa shape index (κ1) is 13.8. The van der Waals surface area contributed by atoms with Crippen molar-refractivity contribution in [1.29, 1.82) is 0 Å². The summed E-state index contributed by atoms with van der Waals surface area (Å²) >= 11 is 0. The number of hydrogen-bond donors (Lipinski definition) is 2. The summed E-state index contributed by atoms with van der Waals surface area (Å²) in [4.78, 5) is 25.0. The van der Waals surface area contributed by atoms with E-state index in [1.807, 2.05) is 0 Å². The summed E-state index contributed by atoms with van der Waals surface area (Å²) in [6, 6.07) is 1.10. The number of hydrogen-bond acceptors (Lipinski definition) is 3. The van der Waals surface area contributed by atoms with Crippen LogP contribution in [-0.2, 0) is 4.79 Å². The Labute approximate surface area is 103 Å². The lowest BCUT2D eigenvalue weighted by molar-refractivity contribution is -0.118. The SMILES string of the molecule is CC(=O)NCCC=Cc1nccc(C(=O)O)c1F. The molecule has 0 aliphatic carbocycles. The molecule has 0 fully saturated rings. The summed E-state index contributed by atoms with van der Waals surface area (Å²) in [6.45, 7) is 1.84. The maximum Gasteiger partial charge on any atom is 0.338 e. The highest BCUT2D eigenvalue weighted by molar-refractivity contribution is 5.88. The average molecular weight is 252 g/mol. The number of carboxylic acid groups (broad SMARTS) is 1. The number of nitrogens with zero attached hydrogens (tertiary/aromatic N) is 1. The second-order valence-corrected chi connectivity index (χ2v) is 3.54. The summed E-state index contributed by atoms with van der Waals surface area (Å²) < 4.78 is 13.6. The van der Waals surface area contributed by atoms with Crippen molar-refractivity contribution in [2.75, 3.05) is 6.54 Å². The summed E-state index contributed by atoms with van der Waals surface area (Å²) in [5, 5.41) is 11.3. The minimum Gasteiger partial charge on any atom is -0.478 e. The molecule has 1 aromatic heterocycles. The molecule has 0 atom stereocenters. The quantitative estimate of drug-likeness (QED) is 0.777. The molecule has 2 N–H and O–H groups in total. The van der Waals surface area contributed by atoms with E-state index >= 15 is 0 Å². The molecule has 5 nitrogen and oxygen atoms in total. The molecular weight excluding hydrogens is 239 g/mol. The van der Waals surface area contributed by atoms with E-state index in [-0.39, 0.29) is 11.6 Å². The van der Waals surface area contributed by atoms with E-state index in [1.54, 1.807) is 6.08 Å². The van der Waals surface area contributed by atoms with E-state index in [9.17, 15) is 14.0 Å². The van der Waals surface area contributed by atoms with Crippen molar-refractivity contribution in [2.45, 2.75) is 13.3 Å². The summed E-state index contributed by atoms with van der Waals surface area (Å²) in [5.41, 5.74) is -0.441. The van der Waals surface area contributed by atoms with Crippen molar-refractivity contribution >= 4 is 18.0 Å². The van der Waals surface area contributed by atoms with Crippen LogP contribution in [0.1, 0.15) is 29.4 Å². The number of halogens is 1. The first-order chi connectivity index (χ1) is 8.52. The van der Waals surface area contributed by atoms with Crippen LogP contribution in [0.4, 0.5) is 4.39 Å². The van der Waals surface area contributed by atoms with E-state index < -0.39 is 17.3 Å². The van der Waals surface area contributed by atoms with Crippen LogP contribution >= 0.6 is 0 Å². The molecule has 96 valence electrons. The summed E-state index contributed by atoms with van der Waals surface area (Å²) in [6.07, 6.45) is 4.76. The van der Waals surface area contributed by atoms with Crippen molar-refractivity contribution in [3.8, 4) is 0 Å². The van der Waals surface area contributed by atoms with E-state index in [2.05, 4.69) is 10.3 Å². The first-order valence-corrected chi connectivity index (χ1v) is 5.31. The van der Waals surface area contributed by atoms with Gasteiger partial charge in [-0.05, 0) is 18.6 Å². The maximum atomic E-state index is 13.6. The van der Waals surface area contributed by atoms with Crippen molar-refractivity contribution in [3.63, 3.8) is 0 Å². The van der Waals surface area contributed by atoms with Gasteiger partial charge in [0.1, 0.15) is 0 Å². The van der Waals surface area contributed by atoms with Gasteiger partial charge in [0.2, 0.25) is 5.91 Å². The predicted molar refractivity (Wildman–Crippen MR) is 63.5 cm³/mol. The Balaban J connectivity index is 2.67. The van der Waals surface area contributed by atoms with Gasteiger partial charge in [-0.25, -0.2) is 9.18 Å². The molecule has 18 heavy (non-hydrogen) atoms. The fourth-order valence-corrected chi connectivity index (χ4v) is 1.27.